The zero-order chi connectivity index (χ0) is 26.8. The van der Waals surface area contributed by atoms with Gasteiger partial charge in [-0.05, 0) is 92.1 Å². The molecule has 3 rings (SSSR count). The lowest BCUT2D eigenvalue weighted by molar-refractivity contribution is -0.129. The van der Waals surface area contributed by atoms with E-state index in [4.69, 9.17) is 22.1 Å². The first kappa shape index (κ1) is 28.2. The molecule has 0 radical (unpaired) electrons. The molecule has 0 heterocycles. The molecular formula is C30H36ClN3O3. The predicted molar refractivity (Wildman–Crippen MR) is 149 cm³/mol. The lowest BCUT2D eigenvalue weighted by Gasteiger charge is -2.19. The lowest BCUT2D eigenvalue weighted by atomic mass is 9.96. The van der Waals surface area contributed by atoms with Gasteiger partial charge in [0, 0.05) is 11.6 Å². The molecule has 7 heteroatoms. The van der Waals surface area contributed by atoms with Crippen LogP contribution < -0.4 is 21.1 Å². The summed E-state index contributed by atoms with van der Waals surface area (Å²) in [4.78, 5) is 25.1. The molecule has 2 atom stereocenters. The Kier molecular flexibility index (Phi) is 10.5. The van der Waals surface area contributed by atoms with Gasteiger partial charge in [-0.25, -0.2) is 0 Å². The number of carbonyl (C=O) groups is 2. The zero-order valence-corrected chi connectivity index (χ0v) is 22.5. The maximum absolute atomic E-state index is 12.7. The van der Waals surface area contributed by atoms with Crippen molar-refractivity contribution in [3.63, 3.8) is 0 Å². The average molecular weight is 522 g/mol. The Morgan fingerprint density at radius 2 is 1.59 bits per heavy atom. The van der Waals surface area contributed by atoms with E-state index in [9.17, 15) is 9.59 Å². The average Bonchev–Trinajstić information content (AvgIpc) is 2.88. The number of nitrogens with one attached hydrogen (secondary N) is 2. The number of aryl methyl sites for hydroxylation is 3. The normalized spacial score (nSPS) is 12.5. The smallest absolute Gasteiger partial charge is 0.242 e. The molecule has 3 aromatic carbocycles. The largest absolute Gasteiger partial charge is 0.489 e. The van der Waals surface area contributed by atoms with Gasteiger partial charge in [-0.15, -0.1) is 0 Å². The fourth-order valence-electron chi connectivity index (χ4n) is 4.11. The van der Waals surface area contributed by atoms with Crippen LogP contribution >= 0.6 is 11.6 Å². The second-order valence-corrected chi connectivity index (χ2v) is 9.81. The summed E-state index contributed by atoms with van der Waals surface area (Å²) < 4.78 is 5.95. The Morgan fingerprint density at radius 1 is 0.946 bits per heavy atom. The van der Waals surface area contributed by atoms with Crippen molar-refractivity contribution in [3.8, 4) is 5.75 Å². The topological polar surface area (TPSA) is 93.4 Å². The van der Waals surface area contributed by atoms with Crippen LogP contribution in [0.5, 0.6) is 5.75 Å². The molecule has 0 aliphatic rings. The van der Waals surface area contributed by atoms with Crippen molar-refractivity contribution in [1.82, 2.24) is 10.6 Å². The first-order valence-corrected chi connectivity index (χ1v) is 13.0. The number of ether oxygens (including phenoxy) is 1. The van der Waals surface area contributed by atoms with E-state index in [-0.39, 0.29) is 11.8 Å². The second-order valence-electron chi connectivity index (χ2n) is 9.37. The molecule has 6 nitrogen and oxygen atoms in total. The minimum Gasteiger partial charge on any atom is -0.489 e. The quantitative estimate of drug-likeness (QED) is 0.302. The number of rotatable bonds is 12. The number of hydrogen-bond acceptors (Lipinski definition) is 4. The number of hydrogen-bond donors (Lipinski definition) is 3. The highest BCUT2D eigenvalue weighted by molar-refractivity contribution is 6.30. The summed E-state index contributed by atoms with van der Waals surface area (Å²) in [6.07, 6.45) is 2.08. The van der Waals surface area contributed by atoms with Crippen LogP contribution in [0, 0.1) is 13.8 Å². The highest BCUT2D eigenvalue weighted by Crippen LogP contribution is 2.24. The summed E-state index contributed by atoms with van der Waals surface area (Å²) >= 11 is 5.94. The van der Waals surface area contributed by atoms with Gasteiger partial charge in [0.05, 0.1) is 6.04 Å². The van der Waals surface area contributed by atoms with Crippen molar-refractivity contribution < 1.29 is 14.3 Å². The van der Waals surface area contributed by atoms with E-state index < -0.39 is 12.1 Å². The van der Waals surface area contributed by atoms with Crippen LogP contribution in [0.1, 0.15) is 41.2 Å². The molecule has 2 amide bonds. The van der Waals surface area contributed by atoms with Crippen molar-refractivity contribution >= 4 is 23.4 Å². The minimum absolute atomic E-state index is 0.219. The summed E-state index contributed by atoms with van der Waals surface area (Å²) in [6, 6.07) is 20.1. The van der Waals surface area contributed by atoms with Gasteiger partial charge in [-0.2, -0.15) is 0 Å². The molecule has 0 saturated carbocycles. The molecule has 1 unspecified atom stereocenters. The summed E-state index contributed by atoms with van der Waals surface area (Å²) in [5, 5.41) is 6.31. The van der Waals surface area contributed by atoms with Gasteiger partial charge in [0.2, 0.25) is 11.8 Å². The third kappa shape index (κ3) is 8.92. The fraction of sp³-hybridized carbons (Fsp3) is 0.333. The predicted octanol–water partition coefficient (Wildman–Crippen LogP) is 4.66. The molecule has 196 valence electrons. The van der Waals surface area contributed by atoms with Crippen LogP contribution in [0.2, 0.25) is 5.02 Å². The summed E-state index contributed by atoms with van der Waals surface area (Å²) in [5.41, 5.74) is 11.5. The van der Waals surface area contributed by atoms with E-state index in [1.807, 2.05) is 68.4 Å². The van der Waals surface area contributed by atoms with Crippen LogP contribution in [0.4, 0.5) is 0 Å². The Balaban J connectivity index is 1.46. The standard InChI is InChI=1S/C30H36ClN3O3/c1-20-16-26(37-19-24-11-13-25(31)14-12-24)17-21(2)27(20)18-28(32)30(36)34-22(3)29(35)33-15-7-10-23-8-5-4-6-9-23/h4-6,8-9,11-14,16-17,22,28H,7,10,15,18-19,32H2,1-3H3,(H,33,35)(H,34,36)/t22-,28?/m1/s1. The van der Waals surface area contributed by atoms with Crippen molar-refractivity contribution in [1.29, 1.82) is 0 Å². The monoisotopic (exact) mass is 521 g/mol. The second kappa shape index (κ2) is 13.8. The highest BCUT2D eigenvalue weighted by atomic mass is 35.5. The Morgan fingerprint density at radius 3 is 2.24 bits per heavy atom. The minimum atomic E-state index is -0.772. The molecular weight excluding hydrogens is 486 g/mol. The zero-order valence-electron chi connectivity index (χ0n) is 21.7. The highest BCUT2D eigenvalue weighted by Gasteiger charge is 2.21. The van der Waals surface area contributed by atoms with E-state index >= 15 is 0 Å². The Labute approximate surface area is 224 Å². The molecule has 0 bridgehead atoms. The Hall–Kier alpha value is -3.35. The van der Waals surface area contributed by atoms with E-state index in [1.165, 1.54) is 5.56 Å². The molecule has 0 aromatic heterocycles. The maximum Gasteiger partial charge on any atom is 0.242 e. The van der Waals surface area contributed by atoms with E-state index in [1.54, 1.807) is 6.92 Å². The summed E-state index contributed by atoms with van der Waals surface area (Å²) in [7, 11) is 0. The first-order valence-electron chi connectivity index (χ1n) is 12.6. The molecule has 3 aromatic rings. The third-order valence-electron chi connectivity index (χ3n) is 6.29. The molecule has 0 spiro atoms. The SMILES string of the molecule is Cc1cc(OCc2ccc(Cl)cc2)cc(C)c1CC(N)C(=O)N[C@H](C)C(=O)NCCCc1ccccc1. The third-order valence-corrected chi connectivity index (χ3v) is 6.54. The lowest BCUT2D eigenvalue weighted by Crippen LogP contribution is -2.51. The van der Waals surface area contributed by atoms with Crippen molar-refractivity contribution in [3.05, 3.63) is 99.6 Å². The first-order chi connectivity index (χ1) is 17.7. The van der Waals surface area contributed by atoms with Gasteiger partial charge in [0.15, 0.2) is 0 Å². The van der Waals surface area contributed by atoms with Gasteiger partial charge in [-0.1, -0.05) is 54.1 Å². The van der Waals surface area contributed by atoms with Crippen molar-refractivity contribution in [2.24, 2.45) is 5.73 Å². The van der Waals surface area contributed by atoms with Crippen molar-refractivity contribution in [2.75, 3.05) is 6.54 Å². The van der Waals surface area contributed by atoms with Gasteiger partial charge in [-0.3, -0.25) is 9.59 Å². The van der Waals surface area contributed by atoms with E-state index in [0.29, 0.717) is 24.6 Å². The van der Waals surface area contributed by atoms with Gasteiger partial charge in [0.1, 0.15) is 18.4 Å². The molecule has 4 N–H and O–H groups in total. The van der Waals surface area contributed by atoms with Crippen LogP contribution in [0.15, 0.2) is 66.7 Å². The van der Waals surface area contributed by atoms with Crippen LogP contribution in [-0.4, -0.2) is 30.4 Å². The molecule has 37 heavy (non-hydrogen) atoms. The molecule has 0 fully saturated rings. The summed E-state index contributed by atoms with van der Waals surface area (Å²) in [5.74, 6) is 0.182. The molecule has 0 aliphatic heterocycles. The number of benzene rings is 3. The summed E-state index contributed by atoms with van der Waals surface area (Å²) in [6.45, 7) is 6.61. The number of nitrogens with two attached hydrogens (primary N) is 1. The van der Waals surface area contributed by atoms with Crippen LogP contribution in [0.3, 0.4) is 0 Å². The van der Waals surface area contributed by atoms with E-state index in [2.05, 4.69) is 22.8 Å². The van der Waals surface area contributed by atoms with Crippen molar-refractivity contribution in [2.45, 2.75) is 58.7 Å². The van der Waals surface area contributed by atoms with Crippen LogP contribution in [0.25, 0.3) is 0 Å². The number of carbonyl (C=O) groups excluding carboxylic acids is 2. The molecule has 0 saturated heterocycles. The fourth-order valence-corrected chi connectivity index (χ4v) is 4.23. The maximum atomic E-state index is 12.7. The molecule has 0 aliphatic carbocycles. The number of amides is 2. The Bertz CT molecular complexity index is 1160. The van der Waals surface area contributed by atoms with Gasteiger partial charge < -0.3 is 21.1 Å². The van der Waals surface area contributed by atoms with Gasteiger partial charge in [0.25, 0.3) is 0 Å². The van der Waals surface area contributed by atoms with Gasteiger partial charge >= 0.3 is 0 Å². The van der Waals surface area contributed by atoms with E-state index in [0.717, 1.165) is 40.8 Å². The van der Waals surface area contributed by atoms with Crippen LogP contribution in [-0.2, 0) is 29.0 Å². The number of halogens is 1.